The van der Waals surface area contributed by atoms with Crippen molar-refractivity contribution in [2.45, 2.75) is 193 Å². The number of hydrogen-bond acceptors (Lipinski definition) is 8. The van der Waals surface area contributed by atoms with Gasteiger partial charge in [-0.1, -0.05) is 163 Å². The zero-order chi connectivity index (χ0) is 46.3. The quantitative estimate of drug-likeness (QED) is 0.0196. The van der Waals surface area contributed by atoms with E-state index < -0.39 is 24.3 Å². The first-order valence-electron chi connectivity index (χ1n) is 24.7. The number of unbranched alkanes of at least 4 members (excludes halogenated alkanes) is 15. The Bertz CT molecular complexity index is 1300. The van der Waals surface area contributed by atoms with E-state index in [0.29, 0.717) is 17.4 Å². The Morgan fingerprint density at radius 3 is 1.40 bits per heavy atom. The van der Waals surface area contributed by atoms with E-state index in [4.69, 9.17) is 18.9 Å². The number of nitrogens with zero attached hydrogens (tertiary/aromatic N) is 1. The molecule has 0 rings (SSSR count). The van der Waals surface area contributed by atoms with E-state index in [1.165, 1.54) is 64.2 Å². The molecule has 0 bridgehead atoms. The Balaban J connectivity index is 4.49. The van der Waals surface area contributed by atoms with E-state index in [1.54, 1.807) is 0 Å². The van der Waals surface area contributed by atoms with Crippen LogP contribution in [0, 0.1) is 0 Å². The molecule has 9 heteroatoms. The molecule has 0 saturated heterocycles. The van der Waals surface area contributed by atoms with Crippen molar-refractivity contribution < 1.29 is 42.9 Å². The number of esters is 2. The number of rotatable bonds is 44. The van der Waals surface area contributed by atoms with Crippen LogP contribution in [0.15, 0.2) is 85.1 Å². The molecule has 0 amide bonds. The van der Waals surface area contributed by atoms with E-state index in [1.807, 2.05) is 21.1 Å². The number of carbonyl (C=O) groups excluding carboxylic acids is 3. The Hall–Kier alpha value is -3.53. The van der Waals surface area contributed by atoms with E-state index >= 15 is 0 Å². The summed E-state index contributed by atoms with van der Waals surface area (Å²) in [6.45, 7) is 4.55. The number of carboxylic acids is 1. The maximum absolute atomic E-state index is 12.8. The van der Waals surface area contributed by atoms with Gasteiger partial charge in [0.25, 0.3) is 0 Å². The lowest BCUT2D eigenvalue weighted by atomic mass is 10.1. The highest BCUT2D eigenvalue weighted by molar-refractivity contribution is 5.70. The molecule has 0 aromatic heterocycles. The fourth-order valence-electron chi connectivity index (χ4n) is 6.30. The molecule has 0 aliphatic carbocycles. The smallest absolute Gasteiger partial charge is 0.306 e. The molecule has 0 aliphatic rings. The lowest BCUT2D eigenvalue weighted by Gasteiger charge is -2.26. The molecule has 2 unspecified atom stereocenters. The fourth-order valence-corrected chi connectivity index (χ4v) is 6.30. The minimum absolute atomic E-state index is 0.134. The number of carbonyl (C=O) groups is 3. The second-order valence-electron chi connectivity index (χ2n) is 17.4. The molecule has 63 heavy (non-hydrogen) atoms. The van der Waals surface area contributed by atoms with Crippen molar-refractivity contribution in [3.63, 3.8) is 0 Å². The predicted molar refractivity (Wildman–Crippen MR) is 260 cm³/mol. The van der Waals surface area contributed by atoms with E-state index in [-0.39, 0.29) is 38.6 Å². The number of likely N-dealkylation sites (N-methyl/N-ethyl adjacent to an activating group) is 1. The molecule has 2 atom stereocenters. The van der Waals surface area contributed by atoms with Crippen LogP contribution in [0.25, 0.3) is 0 Å². The standard InChI is InChI=1S/C54H91NO8/c1-6-8-10-12-14-16-18-20-22-24-25-26-27-29-31-33-35-37-39-41-43-45-52(57)63-50(49-62-54(53(58)59)60-47-46-55(3,4)5)48-61-51(56)44-42-40-38-36-34-32-30-28-23-21-19-17-15-13-11-9-7-2/h8,10,14,16,20-23,25-26,29,31,35,37,50,54H,6-7,9,11-13,15,17-19,24,27-28,30,32-34,36,38-49H2,1-5H3/b10-8-,16-14-,22-20-,23-21-,26-25-,31-29-,37-35-. The first-order valence-corrected chi connectivity index (χ1v) is 24.7. The van der Waals surface area contributed by atoms with Gasteiger partial charge in [-0.2, -0.15) is 0 Å². The van der Waals surface area contributed by atoms with Crippen LogP contribution in [0.4, 0.5) is 0 Å². The second kappa shape index (κ2) is 45.1. The molecule has 0 fully saturated rings. The molecule has 0 heterocycles. The first kappa shape index (κ1) is 59.5. The third-order valence-electron chi connectivity index (χ3n) is 10.1. The van der Waals surface area contributed by atoms with Crippen molar-refractivity contribution in [1.29, 1.82) is 0 Å². The van der Waals surface area contributed by atoms with Gasteiger partial charge in [-0.25, -0.2) is 0 Å². The maximum atomic E-state index is 12.8. The van der Waals surface area contributed by atoms with Gasteiger partial charge in [0.15, 0.2) is 12.4 Å². The van der Waals surface area contributed by atoms with Crippen molar-refractivity contribution in [2.24, 2.45) is 0 Å². The number of carboxylic acid groups (broad SMARTS) is 1. The third-order valence-corrected chi connectivity index (χ3v) is 10.1. The summed E-state index contributed by atoms with van der Waals surface area (Å²) in [6.07, 6.45) is 54.7. The molecule has 360 valence electrons. The number of allylic oxidation sites excluding steroid dienone is 14. The van der Waals surface area contributed by atoms with Crippen molar-refractivity contribution >= 4 is 17.9 Å². The minimum atomic E-state index is -1.64. The lowest BCUT2D eigenvalue weighted by Crippen LogP contribution is -2.44. The molecular weight excluding hydrogens is 791 g/mol. The van der Waals surface area contributed by atoms with Gasteiger partial charge in [-0.3, -0.25) is 9.59 Å². The largest absolute Gasteiger partial charge is 0.545 e. The highest BCUT2D eigenvalue weighted by Gasteiger charge is 2.21. The molecule has 0 saturated carbocycles. The molecule has 0 radical (unpaired) electrons. The molecule has 0 spiro atoms. The average molecular weight is 882 g/mol. The van der Waals surface area contributed by atoms with E-state index in [9.17, 15) is 19.5 Å². The fraction of sp³-hybridized carbons (Fsp3) is 0.685. The SMILES string of the molecule is CC/C=C\C/C=C\C/C=C\C/C=C\C/C=C\C/C=C\CCCCC(=O)OC(COC(=O)CCCCCCCCC/C=C\CCCCCCCC)COC(OCC[N+](C)(C)C)C(=O)[O-]. The number of hydrogen-bond donors (Lipinski definition) is 0. The zero-order valence-electron chi connectivity index (χ0n) is 40.7. The summed E-state index contributed by atoms with van der Waals surface area (Å²) in [5.41, 5.74) is 0. The topological polar surface area (TPSA) is 111 Å². The van der Waals surface area contributed by atoms with Crippen LogP contribution in [0.5, 0.6) is 0 Å². The van der Waals surface area contributed by atoms with Crippen LogP contribution < -0.4 is 5.11 Å². The van der Waals surface area contributed by atoms with Crippen molar-refractivity contribution in [1.82, 2.24) is 0 Å². The van der Waals surface area contributed by atoms with Gasteiger partial charge >= 0.3 is 11.9 Å². The summed E-state index contributed by atoms with van der Waals surface area (Å²) >= 11 is 0. The minimum Gasteiger partial charge on any atom is -0.545 e. The van der Waals surface area contributed by atoms with Crippen LogP contribution in [0.2, 0.25) is 0 Å². The van der Waals surface area contributed by atoms with Crippen molar-refractivity contribution in [3.8, 4) is 0 Å². The summed E-state index contributed by atoms with van der Waals surface area (Å²) < 4.78 is 22.5. The highest BCUT2D eigenvalue weighted by Crippen LogP contribution is 2.13. The van der Waals surface area contributed by atoms with Crippen molar-refractivity contribution in [2.75, 3.05) is 47.5 Å². The van der Waals surface area contributed by atoms with E-state index in [0.717, 1.165) is 83.5 Å². The summed E-state index contributed by atoms with van der Waals surface area (Å²) in [7, 11) is 5.89. The Morgan fingerprint density at radius 2 is 0.905 bits per heavy atom. The van der Waals surface area contributed by atoms with Gasteiger partial charge in [0.1, 0.15) is 13.2 Å². The second-order valence-corrected chi connectivity index (χ2v) is 17.4. The third kappa shape index (κ3) is 46.3. The summed E-state index contributed by atoms with van der Waals surface area (Å²) in [4.78, 5) is 37.1. The normalized spacial score (nSPS) is 13.6. The van der Waals surface area contributed by atoms with Gasteiger partial charge in [0.2, 0.25) is 0 Å². The molecule has 9 nitrogen and oxygen atoms in total. The number of ether oxygens (including phenoxy) is 4. The van der Waals surface area contributed by atoms with Crippen LogP contribution in [-0.4, -0.2) is 82.3 Å². The van der Waals surface area contributed by atoms with Gasteiger partial charge in [0, 0.05) is 12.8 Å². The average Bonchev–Trinajstić information content (AvgIpc) is 3.24. The molecule has 0 N–H and O–H groups in total. The summed E-state index contributed by atoms with van der Waals surface area (Å²) in [5, 5.41) is 11.7. The molecule has 0 aromatic carbocycles. The molecule has 0 aliphatic heterocycles. The molecule has 0 aromatic rings. The van der Waals surface area contributed by atoms with Gasteiger partial charge in [-0.05, 0) is 89.9 Å². The number of aliphatic carboxylic acids is 1. The monoisotopic (exact) mass is 882 g/mol. The van der Waals surface area contributed by atoms with Crippen LogP contribution in [-0.2, 0) is 33.3 Å². The van der Waals surface area contributed by atoms with Crippen LogP contribution in [0.1, 0.15) is 181 Å². The Labute approximate surface area is 385 Å². The lowest BCUT2D eigenvalue weighted by molar-refractivity contribution is -0.870. The van der Waals surface area contributed by atoms with Crippen LogP contribution in [0.3, 0.4) is 0 Å². The summed E-state index contributed by atoms with van der Waals surface area (Å²) in [5.74, 6) is -2.36. The summed E-state index contributed by atoms with van der Waals surface area (Å²) in [6, 6.07) is 0. The molecular formula is C54H91NO8. The predicted octanol–water partition coefficient (Wildman–Crippen LogP) is 12.3. The highest BCUT2D eigenvalue weighted by atomic mass is 16.7. The van der Waals surface area contributed by atoms with E-state index in [2.05, 4.69) is 98.9 Å². The van der Waals surface area contributed by atoms with Gasteiger partial charge in [-0.15, -0.1) is 0 Å². The Kier molecular flexibility index (Phi) is 42.5. The number of quaternary nitrogens is 1. The first-order chi connectivity index (χ1) is 30.6. The maximum Gasteiger partial charge on any atom is 0.306 e. The van der Waals surface area contributed by atoms with Gasteiger partial charge in [0.05, 0.1) is 40.3 Å². The zero-order valence-corrected chi connectivity index (χ0v) is 40.7. The Morgan fingerprint density at radius 1 is 0.492 bits per heavy atom. The van der Waals surface area contributed by atoms with Crippen LogP contribution >= 0.6 is 0 Å². The van der Waals surface area contributed by atoms with Crippen molar-refractivity contribution in [3.05, 3.63) is 85.1 Å². The van der Waals surface area contributed by atoms with Gasteiger partial charge < -0.3 is 33.3 Å².